The maximum atomic E-state index is 5.58. The Balaban J connectivity index is 2.57. The van der Waals surface area contributed by atoms with Crippen LogP contribution in [-0.2, 0) is 6.42 Å². The molecule has 0 N–H and O–H groups in total. The lowest BCUT2D eigenvalue weighted by molar-refractivity contribution is 0.414. The van der Waals surface area contributed by atoms with Crippen LogP contribution in [0.25, 0.3) is 11.0 Å². The van der Waals surface area contributed by atoms with Crippen molar-refractivity contribution in [2.75, 3.05) is 7.11 Å². The Morgan fingerprint density at radius 1 is 1.31 bits per heavy atom. The first-order valence-corrected chi connectivity index (χ1v) is 4.40. The van der Waals surface area contributed by atoms with Crippen molar-refractivity contribution in [2.24, 2.45) is 0 Å². The molecule has 2 aromatic rings. The summed E-state index contributed by atoms with van der Waals surface area (Å²) in [5, 5.41) is 1.14. The molecule has 0 aliphatic heterocycles. The molecule has 0 unspecified atom stereocenters. The van der Waals surface area contributed by atoms with Crippen LogP contribution in [0.4, 0.5) is 0 Å². The van der Waals surface area contributed by atoms with Crippen LogP contribution in [0.5, 0.6) is 5.75 Å². The number of fused-ring (bicyclic) bond motifs is 1. The van der Waals surface area contributed by atoms with Crippen LogP contribution >= 0.6 is 0 Å². The van der Waals surface area contributed by atoms with Gasteiger partial charge in [-0.3, -0.25) is 0 Å². The Kier molecular flexibility index (Phi) is 1.97. The van der Waals surface area contributed by atoms with E-state index in [-0.39, 0.29) is 0 Å². The molecule has 0 saturated heterocycles. The number of benzene rings is 1. The van der Waals surface area contributed by atoms with Gasteiger partial charge in [-0.15, -0.1) is 0 Å². The zero-order chi connectivity index (χ0) is 9.26. The van der Waals surface area contributed by atoms with Gasteiger partial charge in [0.05, 0.1) is 7.11 Å². The highest BCUT2D eigenvalue weighted by atomic mass is 16.5. The van der Waals surface area contributed by atoms with Crippen molar-refractivity contribution in [1.29, 1.82) is 0 Å². The first kappa shape index (κ1) is 8.17. The molecule has 68 valence electrons. The summed E-state index contributed by atoms with van der Waals surface area (Å²) in [5.74, 6) is 1.85. The number of rotatable bonds is 2. The molecular formula is C11H12O2. The molecule has 0 atom stereocenters. The van der Waals surface area contributed by atoms with Crippen LogP contribution in [0.15, 0.2) is 28.7 Å². The van der Waals surface area contributed by atoms with Gasteiger partial charge in [0.15, 0.2) is 0 Å². The largest absolute Gasteiger partial charge is 0.497 e. The van der Waals surface area contributed by atoms with Crippen molar-refractivity contribution in [2.45, 2.75) is 13.3 Å². The number of hydrogen-bond acceptors (Lipinski definition) is 2. The van der Waals surface area contributed by atoms with E-state index in [9.17, 15) is 0 Å². The SMILES string of the molecule is CCc1cc2ccc(OC)cc2o1. The molecule has 0 saturated carbocycles. The van der Waals surface area contributed by atoms with Crippen LogP contribution in [0.3, 0.4) is 0 Å². The Morgan fingerprint density at radius 2 is 2.15 bits per heavy atom. The Morgan fingerprint density at radius 3 is 2.85 bits per heavy atom. The summed E-state index contributed by atoms with van der Waals surface area (Å²) >= 11 is 0. The highest BCUT2D eigenvalue weighted by Gasteiger charge is 2.02. The van der Waals surface area contributed by atoms with Gasteiger partial charge in [0.1, 0.15) is 17.1 Å². The van der Waals surface area contributed by atoms with Gasteiger partial charge >= 0.3 is 0 Å². The first-order chi connectivity index (χ1) is 6.33. The van der Waals surface area contributed by atoms with Gasteiger partial charge in [-0.25, -0.2) is 0 Å². The molecule has 0 fully saturated rings. The lowest BCUT2D eigenvalue weighted by Crippen LogP contribution is -1.79. The highest BCUT2D eigenvalue weighted by Crippen LogP contribution is 2.24. The molecule has 0 spiro atoms. The van der Waals surface area contributed by atoms with E-state index in [0.29, 0.717) is 0 Å². The minimum atomic E-state index is 0.838. The Labute approximate surface area is 77.1 Å². The van der Waals surface area contributed by atoms with Gasteiger partial charge < -0.3 is 9.15 Å². The third-order valence-electron chi connectivity index (χ3n) is 2.13. The zero-order valence-corrected chi connectivity index (χ0v) is 7.83. The van der Waals surface area contributed by atoms with Gasteiger partial charge in [0, 0.05) is 17.9 Å². The van der Waals surface area contributed by atoms with Crippen molar-refractivity contribution < 1.29 is 9.15 Å². The van der Waals surface area contributed by atoms with E-state index in [4.69, 9.17) is 9.15 Å². The van der Waals surface area contributed by atoms with Gasteiger partial charge in [-0.05, 0) is 18.2 Å². The third kappa shape index (κ3) is 1.39. The summed E-state index contributed by atoms with van der Waals surface area (Å²) in [7, 11) is 1.66. The fraction of sp³-hybridized carbons (Fsp3) is 0.273. The second-order valence-electron chi connectivity index (χ2n) is 2.97. The molecule has 0 aliphatic carbocycles. The summed E-state index contributed by atoms with van der Waals surface area (Å²) < 4.78 is 10.7. The van der Waals surface area contributed by atoms with E-state index in [0.717, 1.165) is 28.9 Å². The smallest absolute Gasteiger partial charge is 0.137 e. The number of aryl methyl sites for hydroxylation is 1. The van der Waals surface area contributed by atoms with Crippen molar-refractivity contribution in [3.8, 4) is 5.75 Å². The van der Waals surface area contributed by atoms with Crippen molar-refractivity contribution >= 4 is 11.0 Å². The quantitative estimate of drug-likeness (QED) is 0.701. The molecule has 1 aromatic carbocycles. The molecule has 0 bridgehead atoms. The van der Waals surface area contributed by atoms with Gasteiger partial charge in [-0.2, -0.15) is 0 Å². The summed E-state index contributed by atoms with van der Waals surface area (Å²) in [6.07, 6.45) is 0.928. The summed E-state index contributed by atoms with van der Waals surface area (Å²) in [6.45, 7) is 2.08. The van der Waals surface area contributed by atoms with Crippen LogP contribution in [-0.4, -0.2) is 7.11 Å². The van der Waals surface area contributed by atoms with Crippen LogP contribution in [0, 0.1) is 0 Å². The zero-order valence-electron chi connectivity index (χ0n) is 7.83. The predicted molar refractivity (Wildman–Crippen MR) is 52.1 cm³/mol. The molecule has 1 heterocycles. The lowest BCUT2D eigenvalue weighted by Gasteiger charge is -1.96. The molecule has 2 rings (SSSR count). The topological polar surface area (TPSA) is 22.4 Å². The summed E-state index contributed by atoms with van der Waals surface area (Å²) in [4.78, 5) is 0. The Bertz CT molecular complexity index is 413. The molecule has 2 nitrogen and oxygen atoms in total. The molecule has 0 radical (unpaired) electrons. The van der Waals surface area contributed by atoms with Crippen molar-refractivity contribution in [3.05, 3.63) is 30.0 Å². The van der Waals surface area contributed by atoms with Crippen LogP contribution in [0.1, 0.15) is 12.7 Å². The van der Waals surface area contributed by atoms with E-state index in [1.807, 2.05) is 18.2 Å². The van der Waals surface area contributed by atoms with E-state index in [1.165, 1.54) is 0 Å². The van der Waals surface area contributed by atoms with Crippen molar-refractivity contribution in [3.63, 3.8) is 0 Å². The van der Waals surface area contributed by atoms with E-state index < -0.39 is 0 Å². The molecule has 1 aromatic heterocycles. The number of methoxy groups -OCH3 is 1. The highest BCUT2D eigenvalue weighted by molar-refractivity contribution is 5.79. The monoisotopic (exact) mass is 176 g/mol. The minimum Gasteiger partial charge on any atom is -0.497 e. The number of hydrogen-bond donors (Lipinski definition) is 0. The average molecular weight is 176 g/mol. The molecule has 0 amide bonds. The van der Waals surface area contributed by atoms with Crippen LogP contribution in [0.2, 0.25) is 0 Å². The number of ether oxygens (including phenoxy) is 1. The molecule has 2 heteroatoms. The second-order valence-corrected chi connectivity index (χ2v) is 2.97. The Hall–Kier alpha value is -1.44. The van der Waals surface area contributed by atoms with E-state index in [1.54, 1.807) is 7.11 Å². The maximum absolute atomic E-state index is 5.58. The lowest BCUT2D eigenvalue weighted by atomic mass is 10.2. The number of furan rings is 1. The fourth-order valence-corrected chi connectivity index (χ4v) is 1.37. The predicted octanol–water partition coefficient (Wildman–Crippen LogP) is 3.00. The van der Waals surface area contributed by atoms with Gasteiger partial charge in [0.2, 0.25) is 0 Å². The maximum Gasteiger partial charge on any atom is 0.137 e. The molecule has 0 aliphatic rings. The first-order valence-electron chi connectivity index (χ1n) is 4.40. The summed E-state index contributed by atoms with van der Waals surface area (Å²) in [5.41, 5.74) is 0.899. The standard InChI is InChI=1S/C11H12O2/c1-3-9-6-8-4-5-10(12-2)7-11(8)13-9/h4-7H,3H2,1-2H3. The molecular weight excluding hydrogens is 164 g/mol. The third-order valence-corrected chi connectivity index (χ3v) is 2.13. The minimum absolute atomic E-state index is 0.838. The van der Waals surface area contributed by atoms with Crippen LogP contribution < -0.4 is 4.74 Å². The fourth-order valence-electron chi connectivity index (χ4n) is 1.37. The van der Waals surface area contributed by atoms with Crippen molar-refractivity contribution in [1.82, 2.24) is 0 Å². The van der Waals surface area contributed by atoms with E-state index >= 15 is 0 Å². The second kappa shape index (κ2) is 3.13. The van der Waals surface area contributed by atoms with E-state index in [2.05, 4.69) is 13.0 Å². The molecule has 13 heavy (non-hydrogen) atoms. The normalized spacial score (nSPS) is 10.6. The van der Waals surface area contributed by atoms with Gasteiger partial charge in [-0.1, -0.05) is 6.92 Å². The summed E-state index contributed by atoms with van der Waals surface area (Å²) in [6, 6.07) is 7.93. The van der Waals surface area contributed by atoms with Gasteiger partial charge in [0.25, 0.3) is 0 Å². The average Bonchev–Trinajstić information content (AvgIpc) is 2.58.